The summed E-state index contributed by atoms with van der Waals surface area (Å²) >= 11 is 5.98. The van der Waals surface area contributed by atoms with Crippen LogP contribution in [-0.2, 0) is 24.3 Å². The highest BCUT2D eigenvalue weighted by molar-refractivity contribution is 7.89. The highest BCUT2D eigenvalue weighted by atomic mass is 35.5. The molecule has 0 radical (unpaired) electrons. The highest BCUT2D eigenvalue weighted by Crippen LogP contribution is 2.22. The van der Waals surface area contributed by atoms with Gasteiger partial charge in [0.2, 0.25) is 10.0 Å². The molecule has 0 spiro atoms. The second kappa shape index (κ2) is 9.68. The lowest BCUT2D eigenvalue weighted by molar-refractivity contribution is -0.147. The number of aryl methyl sites for hydroxylation is 1. The van der Waals surface area contributed by atoms with Crippen molar-refractivity contribution < 1.29 is 22.7 Å². The first-order valence-electron chi connectivity index (χ1n) is 8.46. The zero-order chi connectivity index (χ0) is 20.7. The van der Waals surface area contributed by atoms with Crippen LogP contribution in [0.25, 0.3) is 0 Å². The second-order valence-electron chi connectivity index (χ2n) is 6.08. The molecule has 2 N–H and O–H groups in total. The molecule has 150 valence electrons. The van der Waals surface area contributed by atoms with Gasteiger partial charge >= 0.3 is 5.97 Å². The van der Waals surface area contributed by atoms with Gasteiger partial charge in [0.15, 0.2) is 6.61 Å². The molecule has 0 aliphatic rings. The largest absolute Gasteiger partial charge is 0.456 e. The molecule has 2 aromatic carbocycles. The van der Waals surface area contributed by atoms with Crippen LogP contribution in [0.3, 0.4) is 0 Å². The van der Waals surface area contributed by atoms with Crippen LogP contribution in [0.15, 0.2) is 47.4 Å². The highest BCUT2D eigenvalue weighted by Gasteiger charge is 2.15. The van der Waals surface area contributed by atoms with Crippen molar-refractivity contribution in [3.63, 3.8) is 0 Å². The summed E-state index contributed by atoms with van der Waals surface area (Å²) < 4.78 is 31.4. The SMILES string of the molecule is Cc1ccc(S(=O)(=O)NCCC(=O)OCC(=O)Nc2cccc(Cl)c2C)cc1. The van der Waals surface area contributed by atoms with Crippen LogP contribution < -0.4 is 10.0 Å². The van der Waals surface area contributed by atoms with Gasteiger partial charge in [-0.25, -0.2) is 13.1 Å². The van der Waals surface area contributed by atoms with E-state index in [2.05, 4.69) is 10.0 Å². The maximum Gasteiger partial charge on any atom is 0.307 e. The van der Waals surface area contributed by atoms with E-state index in [4.69, 9.17) is 16.3 Å². The van der Waals surface area contributed by atoms with E-state index in [0.29, 0.717) is 16.3 Å². The summed E-state index contributed by atoms with van der Waals surface area (Å²) in [6, 6.07) is 11.4. The zero-order valence-electron chi connectivity index (χ0n) is 15.5. The Morgan fingerprint density at radius 1 is 1.07 bits per heavy atom. The number of ether oxygens (including phenoxy) is 1. The van der Waals surface area contributed by atoms with Crippen LogP contribution in [0, 0.1) is 13.8 Å². The van der Waals surface area contributed by atoms with Crippen molar-refractivity contribution in [3.05, 3.63) is 58.6 Å². The molecule has 1 amide bonds. The van der Waals surface area contributed by atoms with Gasteiger partial charge in [-0.15, -0.1) is 0 Å². The summed E-state index contributed by atoms with van der Waals surface area (Å²) in [5, 5.41) is 3.11. The molecule has 0 aromatic heterocycles. The number of carbonyl (C=O) groups excluding carboxylic acids is 2. The Morgan fingerprint density at radius 3 is 2.43 bits per heavy atom. The van der Waals surface area contributed by atoms with E-state index >= 15 is 0 Å². The van der Waals surface area contributed by atoms with Crippen molar-refractivity contribution in [1.82, 2.24) is 4.72 Å². The number of esters is 1. The van der Waals surface area contributed by atoms with Gasteiger partial charge in [-0.3, -0.25) is 9.59 Å². The van der Waals surface area contributed by atoms with E-state index in [0.717, 1.165) is 5.56 Å². The fourth-order valence-electron chi connectivity index (χ4n) is 2.24. The number of hydrogen-bond donors (Lipinski definition) is 2. The lowest BCUT2D eigenvalue weighted by atomic mass is 10.2. The summed E-state index contributed by atoms with van der Waals surface area (Å²) in [6.45, 7) is 2.99. The monoisotopic (exact) mass is 424 g/mol. The van der Waals surface area contributed by atoms with Crippen LogP contribution in [0.1, 0.15) is 17.5 Å². The normalized spacial score (nSPS) is 11.1. The number of nitrogens with one attached hydrogen (secondary N) is 2. The average Bonchev–Trinajstić information content (AvgIpc) is 2.64. The molecule has 0 unspecified atom stereocenters. The Labute approximate surface area is 169 Å². The molecule has 0 saturated carbocycles. The van der Waals surface area contributed by atoms with Gasteiger partial charge in [0, 0.05) is 17.3 Å². The summed E-state index contributed by atoms with van der Waals surface area (Å²) in [4.78, 5) is 23.7. The molecule has 0 aliphatic carbocycles. The summed E-state index contributed by atoms with van der Waals surface area (Å²) in [7, 11) is -3.70. The van der Waals surface area contributed by atoms with Crippen LogP contribution in [0.5, 0.6) is 0 Å². The lowest BCUT2D eigenvalue weighted by Crippen LogP contribution is -2.28. The lowest BCUT2D eigenvalue weighted by Gasteiger charge is -2.10. The molecule has 9 heteroatoms. The first-order chi connectivity index (χ1) is 13.2. The summed E-state index contributed by atoms with van der Waals surface area (Å²) in [5.74, 6) is -1.21. The number of rotatable bonds is 8. The Bertz CT molecular complexity index is 959. The maximum atomic E-state index is 12.1. The van der Waals surface area contributed by atoms with Gasteiger partial charge in [0.05, 0.1) is 11.3 Å². The van der Waals surface area contributed by atoms with E-state index in [-0.39, 0.29) is 17.9 Å². The van der Waals surface area contributed by atoms with Crippen molar-refractivity contribution in [2.45, 2.75) is 25.2 Å². The topological polar surface area (TPSA) is 102 Å². The summed E-state index contributed by atoms with van der Waals surface area (Å²) in [6.07, 6.45) is -0.200. The number of hydrogen-bond acceptors (Lipinski definition) is 5. The van der Waals surface area contributed by atoms with Gasteiger partial charge in [0.25, 0.3) is 5.91 Å². The van der Waals surface area contributed by atoms with Gasteiger partial charge in [0.1, 0.15) is 0 Å². The third-order valence-electron chi connectivity index (χ3n) is 3.86. The quantitative estimate of drug-likeness (QED) is 0.634. The van der Waals surface area contributed by atoms with Crippen LogP contribution in [-0.4, -0.2) is 33.4 Å². The number of benzene rings is 2. The van der Waals surface area contributed by atoms with E-state index < -0.39 is 28.5 Å². The maximum absolute atomic E-state index is 12.1. The molecule has 2 aromatic rings. The fourth-order valence-corrected chi connectivity index (χ4v) is 3.44. The Hall–Kier alpha value is -2.42. The van der Waals surface area contributed by atoms with Crippen molar-refractivity contribution in [2.75, 3.05) is 18.5 Å². The molecule has 2 rings (SSSR count). The first kappa shape index (κ1) is 21.9. The van der Waals surface area contributed by atoms with Crippen molar-refractivity contribution in [2.24, 2.45) is 0 Å². The van der Waals surface area contributed by atoms with Crippen molar-refractivity contribution in [1.29, 1.82) is 0 Å². The molecule has 7 nitrogen and oxygen atoms in total. The second-order valence-corrected chi connectivity index (χ2v) is 8.26. The zero-order valence-corrected chi connectivity index (χ0v) is 17.1. The van der Waals surface area contributed by atoms with E-state index in [9.17, 15) is 18.0 Å². The molecule has 0 fully saturated rings. The minimum atomic E-state index is -3.70. The van der Waals surface area contributed by atoms with Gasteiger partial charge < -0.3 is 10.1 Å². The third-order valence-corrected chi connectivity index (χ3v) is 5.74. The molecular weight excluding hydrogens is 404 g/mol. The van der Waals surface area contributed by atoms with Crippen molar-refractivity contribution >= 4 is 39.2 Å². The number of sulfonamides is 1. The van der Waals surface area contributed by atoms with E-state index in [1.165, 1.54) is 12.1 Å². The van der Waals surface area contributed by atoms with Crippen molar-refractivity contribution in [3.8, 4) is 0 Å². The molecular formula is C19H21ClN2O5S. The molecule has 28 heavy (non-hydrogen) atoms. The smallest absolute Gasteiger partial charge is 0.307 e. The van der Waals surface area contributed by atoms with Gasteiger partial charge in [-0.2, -0.15) is 0 Å². The minimum absolute atomic E-state index is 0.114. The predicted octanol–water partition coefficient (Wildman–Crippen LogP) is 2.81. The average molecular weight is 425 g/mol. The molecule has 0 aliphatic heterocycles. The number of amides is 1. The molecule has 0 saturated heterocycles. The molecule has 0 atom stereocenters. The predicted molar refractivity (Wildman–Crippen MR) is 107 cm³/mol. The molecule has 0 bridgehead atoms. The number of carbonyl (C=O) groups is 2. The van der Waals surface area contributed by atoms with Crippen LogP contribution in [0.2, 0.25) is 5.02 Å². The third kappa shape index (κ3) is 6.33. The van der Waals surface area contributed by atoms with Crippen LogP contribution in [0.4, 0.5) is 5.69 Å². The van der Waals surface area contributed by atoms with Gasteiger partial charge in [-0.05, 0) is 43.7 Å². The number of halogens is 1. The Morgan fingerprint density at radius 2 is 1.75 bits per heavy atom. The standard InChI is InChI=1S/C19H21ClN2O5S/c1-13-6-8-15(9-7-13)28(25,26)21-11-10-19(24)27-12-18(23)22-17-5-3-4-16(20)14(17)2/h3-9,21H,10-12H2,1-2H3,(H,22,23). The van der Waals surface area contributed by atoms with Crippen LogP contribution >= 0.6 is 11.6 Å². The summed E-state index contributed by atoms with van der Waals surface area (Å²) in [5.41, 5.74) is 2.17. The number of anilines is 1. The fraction of sp³-hybridized carbons (Fsp3) is 0.263. The Balaban J connectivity index is 1.76. The van der Waals surface area contributed by atoms with Gasteiger partial charge in [-0.1, -0.05) is 35.4 Å². The Kier molecular flexibility index (Phi) is 7.56. The molecule has 0 heterocycles. The van der Waals surface area contributed by atoms with E-state index in [1.54, 1.807) is 37.3 Å². The minimum Gasteiger partial charge on any atom is -0.456 e. The first-order valence-corrected chi connectivity index (χ1v) is 10.3. The van der Waals surface area contributed by atoms with E-state index in [1.807, 2.05) is 6.92 Å².